The van der Waals surface area contributed by atoms with Gasteiger partial charge in [-0.15, -0.1) is 0 Å². The third kappa shape index (κ3) is 7.29. The number of amides is 1. The predicted octanol–water partition coefficient (Wildman–Crippen LogP) is 4.43. The number of halogens is 1. The lowest BCUT2D eigenvalue weighted by Crippen LogP contribution is -2.31. The summed E-state index contributed by atoms with van der Waals surface area (Å²) in [4.78, 5) is 36.5. The first-order valence-electron chi connectivity index (χ1n) is 12.0. The number of carbonyl (C=O) groups excluding carboxylic acids is 2. The number of H-pyrrole nitrogens is 1. The van der Waals surface area contributed by atoms with Crippen molar-refractivity contribution in [1.82, 2.24) is 20.3 Å². The number of benzene rings is 1. The second-order valence-electron chi connectivity index (χ2n) is 8.47. The Morgan fingerprint density at radius 1 is 1.25 bits per heavy atom. The molecule has 0 aliphatic heterocycles. The molecule has 192 valence electrons. The van der Waals surface area contributed by atoms with E-state index in [1.807, 2.05) is 20.8 Å². The number of nitrogens with zero attached hydrogens (tertiary/aromatic N) is 2. The van der Waals surface area contributed by atoms with Gasteiger partial charge >= 0.3 is 5.97 Å². The average molecular weight is 514 g/mol. The molecule has 1 aromatic carbocycles. The van der Waals surface area contributed by atoms with Crippen molar-refractivity contribution < 1.29 is 19.4 Å². The minimum Gasteiger partial charge on any atom is -0.463 e. The maximum atomic E-state index is 12.9. The van der Waals surface area contributed by atoms with E-state index in [0.29, 0.717) is 39.9 Å². The summed E-state index contributed by atoms with van der Waals surface area (Å²) in [5, 5.41) is 16.3. The van der Waals surface area contributed by atoms with Crippen LogP contribution >= 0.6 is 11.6 Å². The molecule has 4 N–H and O–H groups in total. The second kappa shape index (κ2) is 13.0. The molecule has 0 saturated heterocycles. The van der Waals surface area contributed by atoms with Crippen molar-refractivity contribution in [2.45, 2.75) is 52.1 Å². The van der Waals surface area contributed by atoms with Crippen molar-refractivity contribution in [2.24, 2.45) is 0 Å². The van der Waals surface area contributed by atoms with Gasteiger partial charge in [0.2, 0.25) is 5.95 Å². The van der Waals surface area contributed by atoms with Crippen molar-refractivity contribution in [3.8, 4) is 11.3 Å². The number of aromatic amines is 1. The zero-order chi connectivity index (χ0) is 26.1. The van der Waals surface area contributed by atoms with Crippen LogP contribution in [0.2, 0.25) is 5.02 Å². The van der Waals surface area contributed by atoms with Gasteiger partial charge in [0.05, 0.1) is 24.4 Å². The fourth-order valence-corrected chi connectivity index (χ4v) is 3.77. The number of esters is 1. The fraction of sp³-hybridized carbons (Fsp3) is 0.385. The van der Waals surface area contributed by atoms with Gasteiger partial charge in [-0.3, -0.25) is 9.59 Å². The summed E-state index contributed by atoms with van der Waals surface area (Å²) in [7, 11) is 0. The molecule has 0 bridgehead atoms. The molecule has 0 spiro atoms. The van der Waals surface area contributed by atoms with Gasteiger partial charge in [0, 0.05) is 29.4 Å². The van der Waals surface area contributed by atoms with Gasteiger partial charge in [0.15, 0.2) is 0 Å². The zero-order valence-corrected chi connectivity index (χ0v) is 21.4. The topological polar surface area (TPSA) is 129 Å². The van der Waals surface area contributed by atoms with Crippen LogP contribution in [-0.4, -0.2) is 51.2 Å². The molecule has 0 unspecified atom stereocenters. The number of hydrogen-bond donors (Lipinski definition) is 4. The van der Waals surface area contributed by atoms with Gasteiger partial charge in [-0.2, -0.15) is 0 Å². The first-order valence-corrected chi connectivity index (χ1v) is 12.3. The summed E-state index contributed by atoms with van der Waals surface area (Å²) < 4.78 is 5.32. The van der Waals surface area contributed by atoms with E-state index < -0.39 is 6.04 Å². The zero-order valence-electron chi connectivity index (χ0n) is 20.7. The Morgan fingerprint density at radius 3 is 2.75 bits per heavy atom. The summed E-state index contributed by atoms with van der Waals surface area (Å²) in [5.41, 5.74) is 3.25. The van der Waals surface area contributed by atoms with Crippen molar-refractivity contribution in [2.75, 3.05) is 18.5 Å². The minimum atomic E-state index is -0.600. The van der Waals surface area contributed by atoms with E-state index in [0.717, 1.165) is 18.4 Å². The number of aromatic nitrogens is 3. The lowest BCUT2D eigenvalue weighted by molar-refractivity contribution is -0.144. The van der Waals surface area contributed by atoms with Gasteiger partial charge in [-0.1, -0.05) is 37.6 Å². The van der Waals surface area contributed by atoms with Crippen LogP contribution < -0.4 is 10.6 Å². The first kappa shape index (κ1) is 27.2. The number of nitrogens with one attached hydrogen (secondary N) is 3. The summed E-state index contributed by atoms with van der Waals surface area (Å²) >= 11 is 6.04. The standard InChI is InChI=1S/C26H32ClN5O4/c1-4-7-23(34)36-15-20(5-2)30-26-29-12-16(3)24(32-26)18-11-21(28-13-18)25(35)31-22(14-33)17-8-6-9-19(27)10-17/h6,8-13,20,22,28,33H,4-5,7,14-15H2,1-3H3,(H,31,35)(H,29,30,32)/t20-,22-/m1/s1. The number of aliphatic hydroxyl groups excluding tert-OH is 1. The third-order valence-corrected chi connectivity index (χ3v) is 5.87. The van der Waals surface area contributed by atoms with Crippen LogP contribution in [0.4, 0.5) is 5.95 Å². The quantitative estimate of drug-likeness (QED) is 0.263. The summed E-state index contributed by atoms with van der Waals surface area (Å²) in [6, 6.07) is 7.96. The fourth-order valence-electron chi connectivity index (χ4n) is 3.57. The normalized spacial score (nSPS) is 12.6. The number of rotatable bonds is 12. The largest absolute Gasteiger partial charge is 0.463 e. The number of hydrogen-bond acceptors (Lipinski definition) is 7. The Labute approximate surface area is 215 Å². The molecule has 0 aliphatic carbocycles. The lowest BCUT2D eigenvalue weighted by atomic mass is 10.1. The maximum absolute atomic E-state index is 12.9. The highest BCUT2D eigenvalue weighted by atomic mass is 35.5. The molecule has 1 amide bonds. The first-order chi connectivity index (χ1) is 17.3. The number of aliphatic hydroxyl groups is 1. The second-order valence-corrected chi connectivity index (χ2v) is 8.91. The molecule has 0 aliphatic rings. The Bertz CT molecular complexity index is 1180. The Morgan fingerprint density at radius 2 is 2.06 bits per heavy atom. The predicted molar refractivity (Wildman–Crippen MR) is 139 cm³/mol. The van der Waals surface area contributed by atoms with Gasteiger partial charge < -0.3 is 25.5 Å². The number of carbonyl (C=O) groups is 2. The third-order valence-electron chi connectivity index (χ3n) is 5.64. The Kier molecular flexibility index (Phi) is 9.84. The van der Waals surface area contributed by atoms with Crippen LogP contribution in [0.5, 0.6) is 0 Å². The molecule has 10 heteroatoms. The molecule has 2 aromatic heterocycles. The number of ether oxygens (including phenoxy) is 1. The highest BCUT2D eigenvalue weighted by Gasteiger charge is 2.18. The molecule has 0 radical (unpaired) electrons. The molecule has 2 atom stereocenters. The monoisotopic (exact) mass is 513 g/mol. The van der Waals surface area contributed by atoms with Gasteiger partial charge in [-0.05, 0) is 49.1 Å². The summed E-state index contributed by atoms with van der Waals surface area (Å²) in [5.74, 6) is -0.187. The average Bonchev–Trinajstić information content (AvgIpc) is 3.36. The summed E-state index contributed by atoms with van der Waals surface area (Å²) in [6.45, 7) is 5.76. The van der Waals surface area contributed by atoms with Crippen LogP contribution in [0.15, 0.2) is 42.7 Å². The van der Waals surface area contributed by atoms with E-state index in [1.54, 1.807) is 42.7 Å². The van der Waals surface area contributed by atoms with Crippen molar-refractivity contribution in [1.29, 1.82) is 0 Å². The van der Waals surface area contributed by atoms with E-state index in [2.05, 4.69) is 25.6 Å². The molecular weight excluding hydrogens is 482 g/mol. The van der Waals surface area contributed by atoms with Crippen molar-refractivity contribution >= 4 is 29.4 Å². The molecule has 0 fully saturated rings. The van der Waals surface area contributed by atoms with E-state index in [9.17, 15) is 14.7 Å². The van der Waals surface area contributed by atoms with Crippen molar-refractivity contribution in [3.63, 3.8) is 0 Å². The van der Waals surface area contributed by atoms with Gasteiger partial charge in [0.1, 0.15) is 12.3 Å². The molecular formula is C26H32ClN5O4. The van der Waals surface area contributed by atoms with E-state index >= 15 is 0 Å². The Hall–Kier alpha value is -3.43. The lowest BCUT2D eigenvalue weighted by Gasteiger charge is -2.17. The number of anilines is 1. The van der Waals surface area contributed by atoms with E-state index in [4.69, 9.17) is 16.3 Å². The molecule has 3 rings (SSSR count). The van der Waals surface area contributed by atoms with Crippen LogP contribution in [0, 0.1) is 6.92 Å². The van der Waals surface area contributed by atoms with Crippen LogP contribution in [0.1, 0.15) is 60.8 Å². The maximum Gasteiger partial charge on any atom is 0.305 e. The van der Waals surface area contributed by atoms with Gasteiger partial charge in [-0.25, -0.2) is 9.97 Å². The SMILES string of the molecule is CCCC(=O)OC[C@@H](CC)Nc1ncc(C)c(-c2c[nH]c(C(=O)N[C@H](CO)c3cccc(Cl)c3)c2)n1. The highest BCUT2D eigenvalue weighted by Crippen LogP contribution is 2.24. The molecule has 36 heavy (non-hydrogen) atoms. The summed E-state index contributed by atoms with van der Waals surface area (Å²) in [6.07, 6.45) is 5.26. The minimum absolute atomic E-state index is 0.129. The molecule has 0 saturated carbocycles. The Balaban J connectivity index is 1.71. The number of aryl methyl sites for hydroxylation is 1. The molecule has 9 nitrogen and oxygen atoms in total. The van der Waals surface area contributed by atoms with Crippen LogP contribution in [0.3, 0.4) is 0 Å². The molecule has 3 aromatic rings. The smallest absolute Gasteiger partial charge is 0.305 e. The highest BCUT2D eigenvalue weighted by molar-refractivity contribution is 6.30. The molecule has 2 heterocycles. The van der Waals surface area contributed by atoms with Gasteiger partial charge in [0.25, 0.3) is 5.91 Å². The van der Waals surface area contributed by atoms with E-state index in [-0.39, 0.29) is 31.1 Å². The van der Waals surface area contributed by atoms with Crippen LogP contribution in [-0.2, 0) is 9.53 Å². The van der Waals surface area contributed by atoms with Crippen molar-refractivity contribution in [3.05, 3.63) is 64.6 Å². The van der Waals surface area contributed by atoms with Crippen LogP contribution in [0.25, 0.3) is 11.3 Å². The van der Waals surface area contributed by atoms with E-state index in [1.165, 1.54) is 0 Å².